The van der Waals surface area contributed by atoms with Crippen LogP contribution in [0.25, 0.3) is 0 Å². The summed E-state index contributed by atoms with van der Waals surface area (Å²) < 4.78 is 11.4. The third kappa shape index (κ3) is 3.94. The molecule has 0 spiro atoms. The van der Waals surface area contributed by atoms with Crippen LogP contribution in [0.2, 0.25) is 0 Å². The molecule has 0 bridgehead atoms. The van der Waals surface area contributed by atoms with Gasteiger partial charge in [0.15, 0.2) is 0 Å². The molecule has 3 N–H and O–H groups in total. The van der Waals surface area contributed by atoms with Crippen molar-refractivity contribution in [3.63, 3.8) is 0 Å². The zero-order valence-corrected chi connectivity index (χ0v) is 14.1. The summed E-state index contributed by atoms with van der Waals surface area (Å²) in [6.07, 6.45) is 1.13. The van der Waals surface area contributed by atoms with E-state index in [-0.39, 0.29) is 21.5 Å². The molecule has 0 unspecified atom stereocenters. The Bertz CT molecular complexity index is 463. The van der Waals surface area contributed by atoms with Crippen molar-refractivity contribution in [1.82, 2.24) is 0 Å². The Morgan fingerprint density at radius 3 is 2.89 bits per heavy atom. The van der Waals surface area contributed by atoms with E-state index in [9.17, 15) is 0 Å². The molecular formula is C12H16BrIN3O-. The monoisotopic (exact) mass is 424 g/mol. The van der Waals surface area contributed by atoms with E-state index in [0.717, 1.165) is 10.8 Å². The van der Waals surface area contributed by atoms with Crippen molar-refractivity contribution < 1.29 is 26.2 Å². The van der Waals surface area contributed by atoms with Gasteiger partial charge in [0.2, 0.25) is 0 Å². The molecule has 0 heterocycles. The number of nitrogen functional groups attached to an aromatic ring is 1. The Hall–Kier alpha value is -0.630. The molecule has 0 aliphatic heterocycles. The number of ether oxygens (including phenoxy) is 1. The summed E-state index contributed by atoms with van der Waals surface area (Å²) in [6, 6.07) is 5.38. The first kappa shape index (κ1) is 15.4. The van der Waals surface area contributed by atoms with Crippen LogP contribution >= 0.6 is 15.9 Å². The van der Waals surface area contributed by atoms with Crippen LogP contribution in [0.15, 0.2) is 21.4 Å². The van der Waals surface area contributed by atoms with Crippen LogP contribution in [0.4, 0.5) is 5.69 Å². The molecule has 18 heavy (non-hydrogen) atoms. The van der Waals surface area contributed by atoms with Gasteiger partial charge in [-0.2, -0.15) is 0 Å². The van der Waals surface area contributed by atoms with Crippen molar-refractivity contribution >= 4 is 31.9 Å². The fourth-order valence-corrected chi connectivity index (χ4v) is 3.43. The van der Waals surface area contributed by atoms with E-state index >= 15 is 0 Å². The summed E-state index contributed by atoms with van der Waals surface area (Å²) in [5.74, 6) is 0.531. The minimum absolute atomic E-state index is 0.235. The van der Waals surface area contributed by atoms with Crippen LogP contribution in [0, 0.1) is 5.41 Å². The second kappa shape index (κ2) is 7.73. The number of halogens is 2. The molecule has 0 saturated carbocycles. The number of para-hydroxylation sites is 1. The van der Waals surface area contributed by atoms with E-state index in [1.165, 1.54) is 0 Å². The Balaban J connectivity index is 2.97. The minimum atomic E-state index is -0.235. The van der Waals surface area contributed by atoms with Gasteiger partial charge in [0, 0.05) is 0 Å². The second-order valence-electron chi connectivity index (χ2n) is 3.49. The molecule has 0 aliphatic carbocycles. The van der Waals surface area contributed by atoms with Gasteiger partial charge in [-0.05, 0) is 0 Å². The topological polar surface area (TPSA) is 71.5 Å². The molecule has 0 aliphatic rings. The maximum atomic E-state index is 8.12. The van der Waals surface area contributed by atoms with Gasteiger partial charge in [-0.3, -0.25) is 0 Å². The van der Waals surface area contributed by atoms with Crippen molar-refractivity contribution in [3.8, 4) is 5.75 Å². The standard InChI is InChI=1S/C12H16BrIN3O/c1-3-7-14-17-12(13)10(16)8-5-4-6-9(15)11(8)18-2/h4-6,16H,3,7,15H2,1-2H3/q-1/b16-10?,17-12+. The molecule has 0 saturated heterocycles. The number of hydrogen-bond acceptors (Lipinski definition) is 4. The molecule has 1 aromatic carbocycles. The van der Waals surface area contributed by atoms with Crippen molar-refractivity contribution in [2.75, 3.05) is 17.3 Å². The Morgan fingerprint density at radius 1 is 1.56 bits per heavy atom. The van der Waals surface area contributed by atoms with Crippen molar-refractivity contribution in [1.29, 1.82) is 5.41 Å². The third-order valence-corrected chi connectivity index (χ3v) is 5.75. The average molecular weight is 425 g/mol. The van der Waals surface area contributed by atoms with Crippen LogP contribution in [0.5, 0.6) is 5.75 Å². The normalized spacial score (nSPS) is 11.6. The van der Waals surface area contributed by atoms with Gasteiger partial charge in [0.25, 0.3) is 0 Å². The fraction of sp³-hybridized carbons (Fsp3) is 0.333. The molecule has 0 atom stereocenters. The number of hydrogen-bond donors (Lipinski definition) is 2. The number of rotatable bonds is 6. The Kier molecular flexibility index (Phi) is 6.62. The summed E-state index contributed by atoms with van der Waals surface area (Å²) >= 11 is 3.12. The van der Waals surface area contributed by atoms with Crippen molar-refractivity contribution in [2.24, 2.45) is 3.21 Å². The van der Waals surface area contributed by atoms with Gasteiger partial charge < -0.3 is 0 Å². The van der Waals surface area contributed by atoms with E-state index < -0.39 is 0 Å². The Labute approximate surface area is 126 Å². The SMILES string of the molecule is CCC[I-]/N=C(/Br)C(=N)c1cccc(N)c1OC. The van der Waals surface area contributed by atoms with E-state index in [1.54, 1.807) is 13.2 Å². The quantitative estimate of drug-likeness (QED) is 0.219. The molecule has 1 rings (SSSR count). The predicted molar refractivity (Wildman–Crippen MR) is 75.8 cm³/mol. The zero-order chi connectivity index (χ0) is 13.5. The van der Waals surface area contributed by atoms with Gasteiger partial charge >= 0.3 is 127 Å². The fourth-order valence-electron chi connectivity index (χ4n) is 1.31. The molecule has 4 nitrogen and oxygen atoms in total. The van der Waals surface area contributed by atoms with Gasteiger partial charge in [-0.1, -0.05) is 0 Å². The van der Waals surface area contributed by atoms with Crippen LogP contribution < -0.4 is 31.9 Å². The number of alkyl halides is 1. The number of nitrogens with two attached hydrogens (primary N) is 1. The van der Waals surface area contributed by atoms with Gasteiger partial charge in [0.1, 0.15) is 0 Å². The molecule has 100 valence electrons. The van der Waals surface area contributed by atoms with Gasteiger partial charge in [0.05, 0.1) is 0 Å². The molecule has 0 aromatic heterocycles. The van der Waals surface area contributed by atoms with Crippen LogP contribution in [-0.2, 0) is 0 Å². The van der Waals surface area contributed by atoms with E-state index in [4.69, 9.17) is 15.9 Å². The van der Waals surface area contributed by atoms with E-state index in [0.29, 0.717) is 27.3 Å². The summed E-state index contributed by atoms with van der Waals surface area (Å²) in [7, 11) is 1.55. The predicted octanol–water partition coefficient (Wildman–Crippen LogP) is -0.147. The molecule has 1 aromatic rings. The first-order valence-electron chi connectivity index (χ1n) is 5.45. The molecule has 6 heteroatoms. The van der Waals surface area contributed by atoms with E-state index in [2.05, 4.69) is 26.1 Å². The maximum absolute atomic E-state index is 8.12. The number of methoxy groups -OCH3 is 1. The number of anilines is 1. The molecule has 0 amide bonds. The first-order chi connectivity index (χ1) is 8.61. The van der Waals surface area contributed by atoms with Gasteiger partial charge in [-0.15, -0.1) is 0 Å². The van der Waals surface area contributed by atoms with Crippen LogP contribution in [0.1, 0.15) is 18.9 Å². The molecule has 0 fully saturated rings. The summed E-state index contributed by atoms with van der Waals surface area (Å²) in [4.78, 5) is 0. The van der Waals surface area contributed by atoms with Gasteiger partial charge in [-0.25, -0.2) is 0 Å². The molecular weight excluding hydrogens is 409 g/mol. The van der Waals surface area contributed by atoms with Crippen molar-refractivity contribution in [3.05, 3.63) is 23.8 Å². The summed E-state index contributed by atoms with van der Waals surface area (Å²) in [5.41, 5.74) is 7.33. The molecule has 0 radical (unpaired) electrons. The average Bonchev–Trinajstić information content (AvgIpc) is 2.37. The summed E-state index contributed by atoms with van der Waals surface area (Å²) in [5, 5.41) is 8.12. The zero-order valence-electron chi connectivity index (χ0n) is 10.3. The number of nitrogens with one attached hydrogen (secondary N) is 1. The number of nitrogens with zero attached hydrogens (tertiary/aromatic N) is 1. The van der Waals surface area contributed by atoms with Crippen LogP contribution in [-0.4, -0.2) is 21.9 Å². The Morgan fingerprint density at radius 2 is 2.28 bits per heavy atom. The number of benzene rings is 1. The first-order valence-corrected chi connectivity index (χ1v) is 8.73. The van der Waals surface area contributed by atoms with Crippen molar-refractivity contribution in [2.45, 2.75) is 13.3 Å². The van der Waals surface area contributed by atoms with E-state index in [1.807, 2.05) is 12.1 Å². The third-order valence-electron chi connectivity index (χ3n) is 2.13. The summed E-state index contributed by atoms with van der Waals surface area (Å²) in [6.45, 7) is 2.13. The van der Waals surface area contributed by atoms with Crippen LogP contribution in [0.3, 0.4) is 0 Å². The second-order valence-corrected chi connectivity index (χ2v) is 6.48.